The van der Waals surface area contributed by atoms with Crippen LogP contribution in [0.25, 0.3) is 5.69 Å². The minimum Gasteiger partial charge on any atom is -0.293 e. The van der Waals surface area contributed by atoms with Gasteiger partial charge in [-0.1, -0.05) is 47.2 Å². The van der Waals surface area contributed by atoms with Gasteiger partial charge in [-0.3, -0.25) is 4.79 Å². The Balaban J connectivity index is 1.83. The number of rotatable bonds is 5. The van der Waals surface area contributed by atoms with Crippen molar-refractivity contribution in [2.45, 2.75) is 38.1 Å². The van der Waals surface area contributed by atoms with Crippen LogP contribution in [-0.2, 0) is 0 Å². The average Bonchev–Trinajstić information content (AvgIpc) is 3.05. The summed E-state index contributed by atoms with van der Waals surface area (Å²) in [4.78, 5) is 12.8. The molecule has 3 aromatic rings. The second-order valence-corrected chi connectivity index (χ2v) is 7.46. The van der Waals surface area contributed by atoms with Crippen LogP contribution in [0.4, 0.5) is 0 Å². The summed E-state index contributed by atoms with van der Waals surface area (Å²) < 4.78 is 1.66. The van der Waals surface area contributed by atoms with E-state index in [4.69, 9.17) is 0 Å². The lowest BCUT2D eigenvalue weighted by atomic mass is 10.0. The van der Waals surface area contributed by atoms with Gasteiger partial charge in [-0.05, 0) is 61.9 Å². The van der Waals surface area contributed by atoms with Crippen molar-refractivity contribution >= 4 is 17.5 Å². The maximum atomic E-state index is 12.8. The second-order valence-electron chi connectivity index (χ2n) is 6.15. The number of benzene rings is 2. The molecule has 128 valence electrons. The summed E-state index contributed by atoms with van der Waals surface area (Å²) in [6.07, 6.45) is 0. The van der Waals surface area contributed by atoms with Crippen LogP contribution in [-0.4, -0.2) is 31.2 Å². The van der Waals surface area contributed by atoms with Crippen LogP contribution in [0.1, 0.15) is 34.0 Å². The van der Waals surface area contributed by atoms with Crippen molar-refractivity contribution in [3.63, 3.8) is 0 Å². The van der Waals surface area contributed by atoms with Crippen molar-refractivity contribution in [2.75, 3.05) is 0 Å². The molecule has 0 radical (unpaired) electrons. The number of carbonyl (C=O) groups is 1. The summed E-state index contributed by atoms with van der Waals surface area (Å²) in [5.41, 5.74) is 4.88. The minimum absolute atomic E-state index is 0.0876. The van der Waals surface area contributed by atoms with Crippen molar-refractivity contribution in [1.29, 1.82) is 0 Å². The Bertz CT molecular complexity index is 902. The lowest BCUT2D eigenvalue weighted by Gasteiger charge is -2.12. The number of hydrogen-bond acceptors (Lipinski definition) is 5. The minimum atomic E-state index is -0.282. The van der Waals surface area contributed by atoms with Crippen LogP contribution in [0, 0.1) is 20.8 Å². The highest BCUT2D eigenvalue weighted by atomic mass is 32.2. The lowest BCUT2D eigenvalue weighted by Crippen LogP contribution is -2.16. The SMILES string of the molecule is Cc1ccc(-n2nnnc2S[C@@H](C)C(=O)c2cc(C)ccc2C)cc1. The molecule has 0 aliphatic heterocycles. The first kappa shape index (κ1) is 17.4. The molecule has 25 heavy (non-hydrogen) atoms. The number of carbonyl (C=O) groups excluding carboxylic acids is 1. The Morgan fingerprint density at radius 2 is 1.72 bits per heavy atom. The molecular weight excluding hydrogens is 332 g/mol. The quantitative estimate of drug-likeness (QED) is 0.514. The van der Waals surface area contributed by atoms with Gasteiger partial charge in [0.05, 0.1) is 10.9 Å². The van der Waals surface area contributed by atoms with E-state index in [-0.39, 0.29) is 11.0 Å². The van der Waals surface area contributed by atoms with Crippen molar-refractivity contribution in [3.8, 4) is 5.69 Å². The fourth-order valence-electron chi connectivity index (χ4n) is 2.53. The fraction of sp³-hybridized carbons (Fsp3) is 0.263. The van der Waals surface area contributed by atoms with E-state index in [1.165, 1.54) is 17.3 Å². The molecule has 1 atom stereocenters. The Hall–Kier alpha value is -2.47. The zero-order valence-electron chi connectivity index (χ0n) is 14.7. The Labute approximate surface area is 151 Å². The van der Waals surface area contributed by atoms with Crippen LogP contribution in [0.5, 0.6) is 0 Å². The fourth-order valence-corrected chi connectivity index (χ4v) is 3.41. The summed E-state index contributed by atoms with van der Waals surface area (Å²) in [6.45, 7) is 7.87. The topological polar surface area (TPSA) is 60.7 Å². The highest BCUT2D eigenvalue weighted by Crippen LogP contribution is 2.26. The predicted octanol–water partition coefficient (Wildman–Crippen LogP) is 3.95. The third kappa shape index (κ3) is 3.79. The van der Waals surface area contributed by atoms with E-state index in [0.29, 0.717) is 5.16 Å². The largest absolute Gasteiger partial charge is 0.293 e. The van der Waals surface area contributed by atoms with Crippen LogP contribution < -0.4 is 0 Å². The van der Waals surface area contributed by atoms with E-state index in [1.54, 1.807) is 4.68 Å². The van der Waals surface area contributed by atoms with Gasteiger partial charge in [0.2, 0.25) is 5.16 Å². The van der Waals surface area contributed by atoms with Crippen LogP contribution in [0.15, 0.2) is 47.6 Å². The van der Waals surface area contributed by atoms with Crippen LogP contribution in [0.3, 0.4) is 0 Å². The first-order chi connectivity index (χ1) is 12.0. The van der Waals surface area contributed by atoms with E-state index in [9.17, 15) is 4.79 Å². The van der Waals surface area contributed by atoms with Gasteiger partial charge in [-0.25, -0.2) is 0 Å². The third-order valence-corrected chi connectivity index (χ3v) is 5.06. The molecule has 0 unspecified atom stereocenters. The Kier molecular flexibility index (Phi) is 4.99. The predicted molar refractivity (Wildman–Crippen MR) is 99.5 cm³/mol. The molecule has 1 aromatic heterocycles. The van der Waals surface area contributed by atoms with Crippen LogP contribution >= 0.6 is 11.8 Å². The van der Waals surface area contributed by atoms with Gasteiger partial charge in [0, 0.05) is 5.56 Å². The summed E-state index contributed by atoms with van der Waals surface area (Å²) >= 11 is 1.37. The molecule has 0 saturated heterocycles. The molecule has 6 heteroatoms. The monoisotopic (exact) mass is 352 g/mol. The average molecular weight is 352 g/mol. The molecular formula is C19H20N4OS. The van der Waals surface area contributed by atoms with E-state index >= 15 is 0 Å². The van der Waals surface area contributed by atoms with E-state index in [0.717, 1.165) is 22.4 Å². The van der Waals surface area contributed by atoms with Gasteiger partial charge in [-0.2, -0.15) is 4.68 Å². The molecule has 0 aliphatic carbocycles. The molecule has 0 N–H and O–H groups in total. The number of aryl methyl sites for hydroxylation is 3. The van der Waals surface area contributed by atoms with Gasteiger partial charge in [0.1, 0.15) is 0 Å². The van der Waals surface area contributed by atoms with Gasteiger partial charge in [0.25, 0.3) is 0 Å². The molecule has 5 nitrogen and oxygen atoms in total. The first-order valence-electron chi connectivity index (χ1n) is 8.09. The molecule has 3 rings (SSSR count). The number of Topliss-reactive ketones (excluding diaryl/α,β-unsaturated/α-hetero) is 1. The number of aromatic nitrogens is 4. The molecule has 0 spiro atoms. The van der Waals surface area contributed by atoms with E-state index in [1.807, 2.05) is 70.2 Å². The van der Waals surface area contributed by atoms with Gasteiger partial charge in [0.15, 0.2) is 5.78 Å². The number of ketones is 1. The van der Waals surface area contributed by atoms with Crippen molar-refractivity contribution < 1.29 is 4.79 Å². The van der Waals surface area contributed by atoms with Crippen molar-refractivity contribution in [1.82, 2.24) is 20.2 Å². The number of thioether (sulfide) groups is 1. The number of hydrogen-bond donors (Lipinski definition) is 0. The lowest BCUT2D eigenvalue weighted by molar-refractivity contribution is 0.0993. The molecule has 2 aromatic carbocycles. The zero-order chi connectivity index (χ0) is 18.0. The summed E-state index contributed by atoms with van der Waals surface area (Å²) in [7, 11) is 0. The molecule has 0 amide bonds. The molecule has 0 saturated carbocycles. The summed E-state index contributed by atoms with van der Waals surface area (Å²) in [5, 5.41) is 12.2. The van der Waals surface area contributed by atoms with Gasteiger partial charge in [-0.15, -0.1) is 5.10 Å². The molecule has 0 bridgehead atoms. The molecule has 0 fully saturated rings. The molecule has 0 aliphatic rings. The van der Waals surface area contributed by atoms with E-state index in [2.05, 4.69) is 15.5 Å². The zero-order valence-corrected chi connectivity index (χ0v) is 15.5. The highest BCUT2D eigenvalue weighted by molar-refractivity contribution is 8.00. The summed E-state index contributed by atoms with van der Waals surface area (Å²) in [6, 6.07) is 13.9. The highest BCUT2D eigenvalue weighted by Gasteiger charge is 2.21. The second kappa shape index (κ2) is 7.19. The van der Waals surface area contributed by atoms with E-state index < -0.39 is 0 Å². The maximum Gasteiger partial charge on any atom is 0.214 e. The first-order valence-corrected chi connectivity index (χ1v) is 8.97. The Morgan fingerprint density at radius 3 is 2.44 bits per heavy atom. The van der Waals surface area contributed by atoms with Crippen molar-refractivity contribution in [2.24, 2.45) is 0 Å². The third-order valence-electron chi connectivity index (χ3n) is 4.03. The number of tetrazole rings is 1. The Morgan fingerprint density at radius 1 is 1.04 bits per heavy atom. The van der Waals surface area contributed by atoms with Crippen molar-refractivity contribution in [3.05, 3.63) is 64.7 Å². The normalized spacial score (nSPS) is 12.2. The van der Waals surface area contributed by atoms with Gasteiger partial charge < -0.3 is 0 Å². The van der Waals surface area contributed by atoms with Crippen LogP contribution in [0.2, 0.25) is 0 Å². The standard InChI is InChI=1S/C19H20N4OS/c1-12-6-9-16(10-7-12)23-19(20-21-22-23)25-15(4)18(24)17-11-13(2)5-8-14(17)3/h5-11,15H,1-4H3/t15-/m0/s1. The number of nitrogens with zero attached hydrogens (tertiary/aromatic N) is 4. The maximum absolute atomic E-state index is 12.8. The summed E-state index contributed by atoms with van der Waals surface area (Å²) in [5.74, 6) is 0.0876. The van der Waals surface area contributed by atoms with Gasteiger partial charge >= 0.3 is 0 Å². The molecule has 1 heterocycles. The smallest absolute Gasteiger partial charge is 0.214 e.